The van der Waals surface area contributed by atoms with Crippen molar-refractivity contribution in [2.24, 2.45) is 0 Å². The van der Waals surface area contributed by atoms with Crippen molar-refractivity contribution in [2.45, 2.75) is 0 Å². The van der Waals surface area contributed by atoms with Gasteiger partial charge in [-0.3, -0.25) is 0 Å². The molecule has 1 N–H and O–H groups in total. The van der Waals surface area contributed by atoms with Gasteiger partial charge in [0.25, 0.3) is 0 Å². The summed E-state index contributed by atoms with van der Waals surface area (Å²) in [5.41, 5.74) is 2.33. The Morgan fingerprint density at radius 2 is 2.10 bits per heavy atom. The second-order valence-corrected chi connectivity index (χ2v) is 5.57. The van der Waals surface area contributed by atoms with Gasteiger partial charge in [-0.25, -0.2) is 4.98 Å². The maximum absolute atomic E-state index is 6.23. The lowest BCUT2D eigenvalue weighted by atomic mass is 10.1. The Hall–Kier alpha value is -1.30. The van der Waals surface area contributed by atoms with Gasteiger partial charge in [-0.1, -0.05) is 29.8 Å². The second-order valence-electron chi connectivity index (χ2n) is 4.04. The average molecular weight is 372 g/mol. The first-order chi connectivity index (χ1) is 9.70. The molecule has 0 saturated heterocycles. The zero-order valence-corrected chi connectivity index (χ0v) is 13.2. The minimum Gasteiger partial charge on any atom is -0.356 e. The fourth-order valence-corrected chi connectivity index (χ4v) is 2.66. The third kappa shape index (κ3) is 2.37. The van der Waals surface area contributed by atoms with Gasteiger partial charge in [-0.15, -0.1) is 11.6 Å². The molecule has 0 aliphatic carbocycles. The Morgan fingerprint density at radius 1 is 1.30 bits per heavy atom. The molecule has 1 aromatic carbocycles. The van der Waals surface area contributed by atoms with Crippen LogP contribution in [0.4, 0.5) is 5.82 Å². The van der Waals surface area contributed by atoms with Crippen molar-refractivity contribution < 1.29 is 0 Å². The van der Waals surface area contributed by atoms with Crippen LogP contribution in [0.5, 0.6) is 0 Å². The Balaban J connectivity index is 2.26. The van der Waals surface area contributed by atoms with Gasteiger partial charge in [-0.05, 0) is 22.0 Å². The number of aromatic nitrogens is 3. The lowest BCUT2D eigenvalue weighted by Gasteiger charge is -2.09. The summed E-state index contributed by atoms with van der Waals surface area (Å²) in [4.78, 5) is 4.59. The zero-order valence-electron chi connectivity index (χ0n) is 10.1. The van der Waals surface area contributed by atoms with Crippen molar-refractivity contribution in [2.75, 3.05) is 11.3 Å². The molecule has 0 saturated carbocycles. The molecule has 4 nitrogen and oxygen atoms in total. The van der Waals surface area contributed by atoms with E-state index in [9.17, 15) is 0 Å². The quantitative estimate of drug-likeness (QED) is 0.547. The van der Waals surface area contributed by atoms with E-state index in [4.69, 9.17) is 23.2 Å². The molecule has 3 rings (SSSR count). The van der Waals surface area contributed by atoms with E-state index in [1.807, 2.05) is 30.3 Å². The van der Waals surface area contributed by atoms with Crippen molar-refractivity contribution in [1.82, 2.24) is 14.6 Å². The summed E-state index contributed by atoms with van der Waals surface area (Å²) in [5.74, 6) is 0.755. The minimum absolute atomic E-state index is 0.276. The highest BCUT2D eigenvalue weighted by Crippen LogP contribution is 2.30. The van der Waals surface area contributed by atoms with Gasteiger partial charge in [-0.2, -0.15) is 9.61 Å². The Kier molecular flexibility index (Phi) is 3.83. The second kappa shape index (κ2) is 5.60. The smallest absolute Gasteiger partial charge is 0.172 e. The van der Waals surface area contributed by atoms with Gasteiger partial charge < -0.3 is 5.32 Å². The molecule has 0 bridgehead atoms. The molecule has 0 fully saturated rings. The molecule has 0 amide bonds. The Bertz CT molecular complexity index is 772. The monoisotopic (exact) mass is 370 g/mol. The first-order valence-corrected chi connectivity index (χ1v) is 7.50. The van der Waals surface area contributed by atoms with Crippen LogP contribution in [0.25, 0.3) is 16.9 Å². The third-order valence-electron chi connectivity index (χ3n) is 2.83. The van der Waals surface area contributed by atoms with Crippen LogP contribution >= 0.6 is 39.1 Å². The van der Waals surface area contributed by atoms with E-state index in [1.54, 1.807) is 10.7 Å². The summed E-state index contributed by atoms with van der Waals surface area (Å²) in [6.07, 6.45) is 1.69. The maximum Gasteiger partial charge on any atom is 0.172 e. The standard InChI is InChI=1S/C13H9BrCl2N4/c14-9-6-18-20-12(17-7-15)5-11(19-13(9)20)8-3-1-2-4-10(8)16/h1-6,17H,7H2. The van der Waals surface area contributed by atoms with Crippen molar-refractivity contribution >= 4 is 50.6 Å². The molecule has 2 heterocycles. The first-order valence-electron chi connectivity index (χ1n) is 5.79. The third-order valence-corrected chi connectivity index (χ3v) is 3.85. The number of halogens is 3. The molecular formula is C13H9BrCl2N4. The van der Waals surface area contributed by atoms with E-state index in [1.165, 1.54) is 0 Å². The predicted octanol–water partition coefficient (Wildman–Crippen LogP) is 4.42. The summed E-state index contributed by atoms with van der Waals surface area (Å²) in [5, 5.41) is 7.95. The van der Waals surface area contributed by atoms with Gasteiger partial charge >= 0.3 is 0 Å². The van der Waals surface area contributed by atoms with Crippen LogP contribution in [0.15, 0.2) is 41.0 Å². The molecule has 20 heavy (non-hydrogen) atoms. The number of fused-ring (bicyclic) bond motifs is 1. The number of rotatable bonds is 3. The highest BCUT2D eigenvalue weighted by molar-refractivity contribution is 9.10. The van der Waals surface area contributed by atoms with Gasteiger partial charge in [0, 0.05) is 16.7 Å². The van der Waals surface area contributed by atoms with Crippen LogP contribution < -0.4 is 5.32 Å². The van der Waals surface area contributed by atoms with Crippen LogP contribution in [-0.2, 0) is 0 Å². The van der Waals surface area contributed by atoms with E-state index in [2.05, 4.69) is 31.3 Å². The summed E-state index contributed by atoms with van der Waals surface area (Å²) in [6.45, 7) is 0. The van der Waals surface area contributed by atoms with E-state index in [0.29, 0.717) is 10.7 Å². The number of benzene rings is 1. The molecule has 0 aliphatic heterocycles. The summed E-state index contributed by atoms with van der Waals surface area (Å²) >= 11 is 15.4. The lowest BCUT2D eigenvalue weighted by molar-refractivity contribution is 0.942. The number of hydrogen-bond acceptors (Lipinski definition) is 3. The molecule has 7 heteroatoms. The van der Waals surface area contributed by atoms with Crippen LogP contribution in [0.1, 0.15) is 0 Å². The Labute approximate surface area is 133 Å². The van der Waals surface area contributed by atoms with Crippen LogP contribution in [0.2, 0.25) is 5.02 Å². The van der Waals surface area contributed by atoms with Gasteiger partial charge in [0.1, 0.15) is 5.82 Å². The van der Waals surface area contributed by atoms with Gasteiger partial charge in [0.2, 0.25) is 0 Å². The van der Waals surface area contributed by atoms with Crippen LogP contribution in [0.3, 0.4) is 0 Å². The summed E-state index contributed by atoms with van der Waals surface area (Å²) in [6, 6.07) is 9.72. The van der Waals surface area contributed by atoms with E-state index in [0.717, 1.165) is 21.5 Å². The van der Waals surface area contributed by atoms with E-state index < -0.39 is 0 Å². The fraction of sp³-hybridized carbons (Fsp3) is 0.0769. The molecule has 0 aliphatic rings. The number of alkyl halides is 1. The van der Waals surface area contributed by atoms with Crippen LogP contribution in [-0.4, -0.2) is 20.6 Å². The largest absolute Gasteiger partial charge is 0.356 e. The van der Waals surface area contributed by atoms with Crippen molar-refractivity contribution in [3.05, 3.63) is 46.0 Å². The zero-order chi connectivity index (χ0) is 14.1. The number of nitrogens with zero attached hydrogens (tertiary/aromatic N) is 3. The molecule has 102 valence electrons. The lowest BCUT2D eigenvalue weighted by Crippen LogP contribution is -2.04. The summed E-state index contributed by atoms with van der Waals surface area (Å²) < 4.78 is 2.50. The average Bonchev–Trinajstić information content (AvgIpc) is 2.82. The molecule has 0 spiro atoms. The highest BCUT2D eigenvalue weighted by Gasteiger charge is 2.12. The molecule has 0 atom stereocenters. The van der Waals surface area contributed by atoms with Crippen molar-refractivity contribution in [3.8, 4) is 11.3 Å². The van der Waals surface area contributed by atoms with Gasteiger partial charge in [0.05, 0.1) is 22.4 Å². The summed E-state index contributed by atoms with van der Waals surface area (Å²) in [7, 11) is 0. The number of hydrogen-bond donors (Lipinski definition) is 1. The Morgan fingerprint density at radius 3 is 2.85 bits per heavy atom. The van der Waals surface area contributed by atoms with Crippen LogP contribution in [0, 0.1) is 0 Å². The van der Waals surface area contributed by atoms with E-state index >= 15 is 0 Å². The predicted molar refractivity (Wildman–Crippen MR) is 85.5 cm³/mol. The minimum atomic E-state index is 0.276. The molecular weight excluding hydrogens is 363 g/mol. The molecule has 2 aromatic heterocycles. The maximum atomic E-state index is 6.23. The fourth-order valence-electron chi connectivity index (χ4n) is 1.94. The van der Waals surface area contributed by atoms with Crippen molar-refractivity contribution in [1.29, 1.82) is 0 Å². The van der Waals surface area contributed by atoms with Crippen molar-refractivity contribution in [3.63, 3.8) is 0 Å². The first kappa shape index (κ1) is 13.7. The topological polar surface area (TPSA) is 42.2 Å². The number of nitrogens with one attached hydrogen (secondary N) is 1. The highest BCUT2D eigenvalue weighted by atomic mass is 79.9. The number of anilines is 1. The molecule has 0 unspecified atom stereocenters. The molecule has 3 aromatic rings. The van der Waals surface area contributed by atoms with Gasteiger partial charge in [0.15, 0.2) is 5.65 Å². The van der Waals surface area contributed by atoms with E-state index in [-0.39, 0.29) is 6.00 Å². The molecule has 0 radical (unpaired) electrons. The normalized spacial score (nSPS) is 10.9. The SMILES string of the molecule is ClCNc1cc(-c2ccccc2Cl)nc2c(Br)cnn12.